The second kappa shape index (κ2) is 7.91. The number of amides is 1. The Kier molecular flexibility index (Phi) is 6.08. The first-order chi connectivity index (χ1) is 12.1. The fraction of sp³-hybridized carbons (Fsp3) is 0.350. The minimum absolute atomic E-state index is 0.375. The van der Waals surface area contributed by atoms with Crippen LogP contribution in [0, 0.1) is 13.8 Å². The van der Waals surface area contributed by atoms with Crippen molar-refractivity contribution in [2.24, 2.45) is 0 Å². The number of carbonyl (C=O) groups is 1. The highest BCUT2D eigenvalue weighted by atomic mass is 32.2. The van der Waals surface area contributed by atoms with Crippen LogP contribution in [0.2, 0.25) is 0 Å². The van der Waals surface area contributed by atoms with E-state index in [2.05, 4.69) is 5.32 Å². The summed E-state index contributed by atoms with van der Waals surface area (Å²) in [5, 5.41) is 2.82. The van der Waals surface area contributed by atoms with Gasteiger partial charge in [-0.3, -0.25) is 9.10 Å². The third-order valence-corrected chi connectivity index (χ3v) is 5.42. The molecule has 0 aliphatic heterocycles. The molecule has 2 rings (SSSR count). The lowest BCUT2D eigenvalue weighted by molar-refractivity contribution is -0.116. The van der Waals surface area contributed by atoms with Crippen LogP contribution in [-0.2, 0) is 21.2 Å². The van der Waals surface area contributed by atoms with Gasteiger partial charge in [0.25, 0.3) is 0 Å². The standard InChI is InChI=1S/C20H26N2O3S/c1-6-17-7-9-19(10-8-17)22(26(5,24)25)16(4)20(23)21-18-12-14(2)11-15(3)13-18/h7-13,16H,6H2,1-5H3,(H,21,23)/t16-/m0/s1. The van der Waals surface area contributed by atoms with Crippen molar-refractivity contribution in [3.63, 3.8) is 0 Å². The fourth-order valence-electron chi connectivity index (χ4n) is 2.98. The average Bonchev–Trinajstić information content (AvgIpc) is 2.53. The number of hydrogen-bond donors (Lipinski definition) is 1. The van der Waals surface area contributed by atoms with E-state index in [9.17, 15) is 13.2 Å². The summed E-state index contributed by atoms with van der Waals surface area (Å²) >= 11 is 0. The second-order valence-electron chi connectivity index (χ2n) is 6.62. The third-order valence-electron chi connectivity index (χ3n) is 4.18. The Labute approximate surface area is 156 Å². The molecular formula is C20H26N2O3S. The predicted octanol–water partition coefficient (Wildman–Crippen LogP) is 3.66. The van der Waals surface area contributed by atoms with Crippen LogP contribution in [0.25, 0.3) is 0 Å². The Bertz CT molecular complexity index is 870. The van der Waals surface area contributed by atoms with E-state index in [1.807, 2.05) is 51.1 Å². The molecule has 0 unspecified atom stereocenters. The van der Waals surface area contributed by atoms with Gasteiger partial charge in [-0.1, -0.05) is 25.1 Å². The van der Waals surface area contributed by atoms with Gasteiger partial charge in [0.15, 0.2) is 0 Å². The van der Waals surface area contributed by atoms with Gasteiger partial charge in [0.1, 0.15) is 6.04 Å². The summed E-state index contributed by atoms with van der Waals surface area (Å²) < 4.78 is 25.8. The van der Waals surface area contributed by atoms with E-state index in [0.29, 0.717) is 11.4 Å². The van der Waals surface area contributed by atoms with Crippen molar-refractivity contribution in [3.05, 3.63) is 59.2 Å². The van der Waals surface area contributed by atoms with Crippen LogP contribution in [0.15, 0.2) is 42.5 Å². The van der Waals surface area contributed by atoms with Crippen LogP contribution in [0.4, 0.5) is 11.4 Å². The molecule has 0 aliphatic carbocycles. The number of anilines is 2. The average molecular weight is 375 g/mol. The van der Waals surface area contributed by atoms with E-state index in [-0.39, 0.29) is 5.91 Å². The molecule has 1 atom stereocenters. The van der Waals surface area contributed by atoms with Crippen molar-refractivity contribution in [2.45, 2.75) is 40.2 Å². The van der Waals surface area contributed by atoms with Crippen molar-refractivity contribution in [1.29, 1.82) is 0 Å². The third kappa shape index (κ3) is 4.85. The molecule has 26 heavy (non-hydrogen) atoms. The Balaban J connectivity index is 2.30. The van der Waals surface area contributed by atoms with Gasteiger partial charge in [0.05, 0.1) is 11.9 Å². The quantitative estimate of drug-likeness (QED) is 0.839. The maximum atomic E-state index is 12.7. The van der Waals surface area contributed by atoms with Crippen LogP contribution in [0.1, 0.15) is 30.5 Å². The normalized spacial score (nSPS) is 12.5. The first-order valence-electron chi connectivity index (χ1n) is 8.59. The summed E-state index contributed by atoms with van der Waals surface area (Å²) in [6.45, 7) is 7.52. The van der Waals surface area contributed by atoms with Gasteiger partial charge in [0, 0.05) is 5.69 Å². The molecule has 1 amide bonds. The van der Waals surface area contributed by atoms with Crippen molar-refractivity contribution in [2.75, 3.05) is 15.9 Å². The molecule has 0 heterocycles. The molecule has 0 saturated heterocycles. The number of rotatable bonds is 6. The lowest BCUT2D eigenvalue weighted by Gasteiger charge is -2.28. The molecule has 0 aromatic heterocycles. The maximum Gasteiger partial charge on any atom is 0.247 e. The molecule has 5 nitrogen and oxygen atoms in total. The van der Waals surface area contributed by atoms with E-state index in [4.69, 9.17) is 0 Å². The maximum absolute atomic E-state index is 12.7. The SMILES string of the molecule is CCc1ccc(N([C@@H](C)C(=O)Nc2cc(C)cc(C)c2)S(C)(=O)=O)cc1. The zero-order valence-electron chi connectivity index (χ0n) is 15.9. The molecule has 2 aromatic carbocycles. The Morgan fingerprint density at radius 3 is 2.08 bits per heavy atom. The topological polar surface area (TPSA) is 66.5 Å². The predicted molar refractivity (Wildman–Crippen MR) is 107 cm³/mol. The zero-order chi connectivity index (χ0) is 19.5. The highest BCUT2D eigenvalue weighted by Gasteiger charge is 2.29. The molecule has 0 aliphatic rings. The highest BCUT2D eigenvalue weighted by molar-refractivity contribution is 7.92. The largest absolute Gasteiger partial charge is 0.324 e. The summed E-state index contributed by atoms with van der Waals surface area (Å²) in [5.74, 6) is -0.375. The van der Waals surface area contributed by atoms with Gasteiger partial charge in [-0.25, -0.2) is 8.42 Å². The molecule has 6 heteroatoms. The van der Waals surface area contributed by atoms with E-state index in [1.54, 1.807) is 19.1 Å². The fourth-order valence-corrected chi connectivity index (χ4v) is 4.16. The van der Waals surface area contributed by atoms with E-state index in [1.165, 1.54) is 0 Å². The number of sulfonamides is 1. The molecule has 0 radical (unpaired) electrons. The van der Waals surface area contributed by atoms with E-state index in [0.717, 1.165) is 33.7 Å². The molecule has 1 N–H and O–H groups in total. The van der Waals surface area contributed by atoms with Crippen molar-refractivity contribution < 1.29 is 13.2 Å². The summed E-state index contributed by atoms with van der Waals surface area (Å²) in [6.07, 6.45) is 1.98. The summed E-state index contributed by atoms with van der Waals surface area (Å²) in [7, 11) is -3.62. The van der Waals surface area contributed by atoms with Gasteiger partial charge in [-0.15, -0.1) is 0 Å². The summed E-state index contributed by atoms with van der Waals surface area (Å²) in [5.41, 5.74) is 4.31. The van der Waals surface area contributed by atoms with E-state index >= 15 is 0 Å². The van der Waals surface area contributed by atoms with Crippen molar-refractivity contribution in [3.8, 4) is 0 Å². The van der Waals surface area contributed by atoms with Gasteiger partial charge in [0.2, 0.25) is 15.9 Å². The van der Waals surface area contributed by atoms with Gasteiger partial charge in [-0.2, -0.15) is 0 Å². The van der Waals surface area contributed by atoms with Gasteiger partial charge >= 0.3 is 0 Å². The molecule has 0 spiro atoms. The minimum Gasteiger partial charge on any atom is -0.324 e. The van der Waals surface area contributed by atoms with E-state index < -0.39 is 16.1 Å². The van der Waals surface area contributed by atoms with Crippen molar-refractivity contribution >= 4 is 27.3 Å². The Morgan fingerprint density at radius 2 is 1.62 bits per heavy atom. The number of benzene rings is 2. The Hall–Kier alpha value is -2.34. The number of nitrogens with one attached hydrogen (secondary N) is 1. The van der Waals surface area contributed by atoms with Crippen LogP contribution in [0.3, 0.4) is 0 Å². The monoisotopic (exact) mass is 374 g/mol. The van der Waals surface area contributed by atoms with Crippen LogP contribution < -0.4 is 9.62 Å². The molecule has 0 bridgehead atoms. The number of hydrogen-bond acceptors (Lipinski definition) is 3. The first-order valence-corrected chi connectivity index (χ1v) is 10.4. The number of carbonyl (C=O) groups excluding carboxylic acids is 1. The molecule has 140 valence electrons. The lowest BCUT2D eigenvalue weighted by atomic mass is 10.1. The lowest BCUT2D eigenvalue weighted by Crippen LogP contribution is -2.45. The number of aryl methyl sites for hydroxylation is 3. The summed E-state index contributed by atoms with van der Waals surface area (Å²) in [4.78, 5) is 12.7. The zero-order valence-corrected chi connectivity index (χ0v) is 16.7. The first kappa shape index (κ1) is 20.0. The van der Waals surface area contributed by atoms with Crippen molar-refractivity contribution in [1.82, 2.24) is 0 Å². The van der Waals surface area contributed by atoms with Gasteiger partial charge in [-0.05, 0) is 68.1 Å². The number of nitrogens with zero attached hydrogens (tertiary/aromatic N) is 1. The molecule has 0 saturated carbocycles. The van der Waals surface area contributed by atoms with Crippen LogP contribution in [-0.4, -0.2) is 26.6 Å². The smallest absolute Gasteiger partial charge is 0.247 e. The minimum atomic E-state index is -3.62. The Morgan fingerprint density at radius 1 is 1.08 bits per heavy atom. The second-order valence-corrected chi connectivity index (χ2v) is 8.48. The molecule has 0 fully saturated rings. The highest BCUT2D eigenvalue weighted by Crippen LogP contribution is 2.23. The van der Waals surface area contributed by atoms with Gasteiger partial charge < -0.3 is 5.32 Å². The van der Waals surface area contributed by atoms with Crippen LogP contribution in [0.5, 0.6) is 0 Å². The molecule has 2 aromatic rings. The molecular weight excluding hydrogens is 348 g/mol. The van der Waals surface area contributed by atoms with Crippen LogP contribution >= 0.6 is 0 Å². The summed E-state index contributed by atoms with van der Waals surface area (Å²) in [6, 6.07) is 12.1.